The summed E-state index contributed by atoms with van der Waals surface area (Å²) in [7, 11) is -2.38. The van der Waals surface area contributed by atoms with Crippen LogP contribution in [0.5, 0.6) is 0 Å². The van der Waals surface area contributed by atoms with Gasteiger partial charge in [-0.15, -0.1) is 0 Å². The molecule has 0 saturated carbocycles. The lowest BCUT2D eigenvalue weighted by Gasteiger charge is -2.30. The predicted octanol–water partition coefficient (Wildman–Crippen LogP) is -1.70. The Kier molecular flexibility index (Phi) is 5.31. The summed E-state index contributed by atoms with van der Waals surface area (Å²) in [6, 6.07) is 4.07. The predicted molar refractivity (Wildman–Crippen MR) is 74.7 cm³/mol. The van der Waals surface area contributed by atoms with Gasteiger partial charge >= 0.3 is 0 Å². The first-order chi connectivity index (χ1) is 9.34. The van der Waals surface area contributed by atoms with Crippen LogP contribution in [0.1, 0.15) is 0 Å². The van der Waals surface area contributed by atoms with Crippen LogP contribution in [0, 0.1) is 0 Å². The zero-order valence-corrected chi connectivity index (χ0v) is 11.8. The number of nitrogens with one attached hydrogen (secondary N) is 2. The average Bonchev–Trinajstić information content (AvgIpc) is 2.44. The SMILES string of the molecule is CNS(=O)(=O)c1ccc(NC(CO)(CO)CO)cc1N. The van der Waals surface area contributed by atoms with Gasteiger partial charge in [-0.1, -0.05) is 0 Å². The van der Waals surface area contributed by atoms with Gasteiger partial charge in [0.2, 0.25) is 10.0 Å². The lowest BCUT2D eigenvalue weighted by Crippen LogP contribution is -2.49. The van der Waals surface area contributed by atoms with E-state index in [1.54, 1.807) is 0 Å². The molecule has 0 aromatic heterocycles. The topological polar surface area (TPSA) is 145 Å². The van der Waals surface area contributed by atoms with Crippen molar-refractivity contribution in [3.63, 3.8) is 0 Å². The highest BCUT2D eigenvalue weighted by atomic mass is 32.2. The summed E-state index contributed by atoms with van der Waals surface area (Å²) in [5.41, 5.74) is 4.75. The zero-order chi connectivity index (χ0) is 15.4. The van der Waals surface area contributed by atoms with Crippen molar-refractivity contribution >= 4 is 21.4 Å². The van der Waals surface area contributed by atoms with Crippen LogP contribution in [0.2, 0.25) is 0 Å². The monoisotopic (exact) mass is 305 g/mol. The third kappa shape index (κ3) is 3.38. The van der Waals surface area contributed by atoms with E-state index >= 15 is 0 Å². The molecule has 1 aromatic carbocycles. The normalized spacial score (nSPS) is 12.4. The number of rotatable bonds is 7. The maximum atomic E-state index is 11.7. The molecule has 0 unspecified atom stereocenters. The van der Waals surface area contributed by atoms with E-state index in [1.165, 1.54) is 25.2 Å². The molecule has 1 rings (SSSR count). The van der Waals surface area contributed by atoms with Gasteiger partial charge in [0.15, 0.2) is 0 Å². The van der Waals surface area contributed by atoms with Crippen molar-refractivity contribution in [3.05, 3.63) is 18.2 Å². The minimum Gasteiger partial charge on any atom is -0.398 e. The van der Waals surface area contributed by atoms with Gasteiger partial charge in [0.1, 0.15) is 10.4 Å². The van der Waals surface area contributed by atoms with Gasteiger partial charge in [-0.2, -0.15) is 0 Å². The quantitative estimate of drug-likeness (QED) is 0.329. The van der Waals surface area contributed by atoms with Crippen molar-refractivity contribution in [3.8, 4) is 0 Å². The summed E-state index contributed by atoms with van der Waals surface area (Å²) >= 11 is 0. The molecule has 1 aromatic rings. The van der Waals surface area contributed by atoms with E-state index in [-0.39, 0.29) is 10.6 Å². The van der Waals surface area contributed by atoms with Crippen molar-refractivity contribution < 1.29 is 23.7 Å². The number of nitrogens with two attached hydrogens (primary N) is 1. The molecule has 0 aliphatic heterocycles. The average molecular weight is 305 g/mol. The maximum absolute atomic E-state index is 11.7. The van der Waals surface area contributed by atoms with Crippen LogP contribution in [0.3, 0.4) is 0 Å². The van der Waals surface area contributed by atoms with Crippen molar-refractivity contribution in [1.29, 1.82) is 0 Å². The number of benzene rings is 1. The van der Waals surface area contributed by atoms with E-state index in [0.717, 1.165) is 0 Å². The highest BCUT2D eigenvalue weighted by Gasteiger charge is 2.28. The second kappa shape index (κ2) is 6.37. The molecule has 0 amide bonds. The fourth-order valence-electron chi connectivity index (χ4n) is 1.56. The Labute approximate surface area is 117 Å². The Morgan fingerprint density at radius 2 is 1.75 bits per heavy atom. The first-order valence-corrected chi connectivity index (χ1v) is 7.26. The maximum Gasteiger partial charge on any atom is 0.242 e. The fraction of sp³-hybridized carbons (Fsp3) is 0.455. The summed E-state index contributed by atoms with van der Waals surface area (Å²) in [5, 5.41) is 30.4. The Balaban J connectivity index is 3.11. The Morgan fingerprint density at radius 1 is 1.20 bits per heavy atom. The first-order valence-electron chi connectivity index (χ1n) is 5.78. The van der Waals surface area contributed by atoms with Crippen molar-refractivity contribution in [2.45, 2.75) is 10.4 Å². The van der Waals surface area contributed by atoms with Crippen molar-refractivity contribution in [1.82, 2.24) is 4.72 Å². The van der Waals surface area contributed by atoms with E-state index in [1.807, 2.05) is 0 Å². The highest BCUT2D eigenvalue weighted by Crippen LogP contribution is 2.24. The van der Waals surface area contributed by atoms with Gasteiger partial charge in [-0.25, -0.2) is 13.1 Å². The number of aliphatic hydroxyl groups is 3. The molecule has 0 aliphatic rings. The lowest BCUT2D eigenvalue weighted by molar-refractivity contribution is 0.0834. The molecule has 8 nitrogen and oxygen atoms in total. The molecule has 0 saturated heterocycles. The van der Waals surface area contributed by atoms with Crippen molar-refractivity contribution in [2.75, 3.05) is 37.9 Å². The third-order valence-electron chi connectivity index (χ3n) is 2.89. The highest BCUT2D eigenvalue weighted by molar-refractivity contribution is 7.89. The molecule has 0 heterocycles. The van der Waals surface area contributed by atoms with Crippen LogP contribution >= 0.6 is 0 Å². The van der Waals surface area contributed by atoms with Crippen LogP contribution in [-0.2, 0) is 10.0 Å². The van der Waals surface area contributed by atoms with Gasteiger partial charge in [0.25, 0.3) is 0 Å². The first kappa shape index (κ1) is 16.7. The van der Waals surface area contributed by atoms with Crippen LogP contribution in [0.15, 0.2) is 23.1 Å². The molecule has 7 N–H and O–H groups in total. The molecule has 0 radical (unpaired) electrons. The van der Waals surface area contributed by atoms with Gasteiger partial charge in [-0.05, 0) is 25.2 Å². The van der Waals surface area contributed by atoms with Gasteiger partial charge < -0.3 is 26.4 Å². The number of hydrogen-bond acceptors (Lipinski definition) is 7. The van der Waals surface area contributed by atoms with Crippen LogP contribution < -0.4 is 15.8 Å². The molecular formula is C11H19N3O5S. The molecule has 114 valence electrons. The van der Waals surface area contributed by atoms with Crippen LogP contribution in [0.4, 0.5) is 11.4 Å². The van der Waals surface area contributed by atoms with Gasteiger partial charge in [-0.3, -0.25) is 0 Å². The molecular weight excluding hydrogens is 286 g/mol. The molecule has 20 heavy (non-hydrogen) atoms. The van der Waals surface area contributed by atoms with E-state index in [2.05, 4.69) is 10.0 Å². The molecule has 0 bridgehead atoms. The molecule has 9 heteroatoms. The Hall–Kier alpha value is -1.39. The Bertz CT molecular complexity index is 549. The zero-order valence-electron chi connectivity index (χ0n) is 11.0. The second-order valence-electron chi connectivity index (χ2n) is 4.34. The summed E-state index contributed by atoms with van der Waals surface area (Å²) in [4.78, 5) is -0.0758. The number of nitrogen functional groups attached to an aromatic ring is 1. The minimum atomic E-state index is -3.66. The summed E-state index contributed by atoms with van der Waals surface area (Å²) < 4.78 is 25.5. The van der Waals surface area contributed by atoms with Crippen LogP contribution in [0.25, 0.3) is 0 Å². The summed E-state index contributed by atoms with van der Waals surface area (Å²) in [5.74, 6) is 0. The fourth-order valence-corrected chi connectivity index (χ4v) is 2.39. The number of hydrogen-bond donors (Lipinski definition) is 6. The lowest BCUT2D eigenvalue weighted by atomic mass is 10.0. The summed E-state index contributed by atoms with van der Waals surface area (Å²) in [6.07, 6.45) is 0. The van der Waals surface area contributed by atoms with Gasteiger partial charge in [0.05, 0.1) is 25.5 Å². The van der Waals surface area contributed by atoms with E-state index in [9.17, 15) is 23.7 Å². The molecule has 0 atom stereocenters. The van der Waals surface area contributed by atoms with Crippen LogP contribution in [-0.4, -0.2) is 56.1 Å². The Morgan fingerprint density at radius 3 is 2.15 bits per heavy atom. The molecule has 0 spiro atoms. The standard InChI is InChI=1S/C11H19N3O5S/c1-13-20(18,19)10-3-2-8(4-9(10)12)14-11(5-15,6-16)7-17/h2-4,13-17H,5-7,12H2,1H3. The number of sulfonamides is 1. The third-order valence-corrected chi connectivity index (χ3v) is 4.37. The molecule has 0 fully saturated rings. The molecule has 0 aliphatic carbocycles. The van der Waals surface area contributed by atoms with Crippen molar-refractivity contribution in [2.24, 2.45) is 0 Å². The smallest absolute Gasteiger partial charge is 0.242 e. The van der Waals surface area contributed by atoms with E-state index < -0.39 is 35.4 Å². The second-order valence-corrected chi connectivity index (χ2v) is 6.19. The van der Waals surface area contributed by atoms with E-state index in [4.69, 9.17) is 5.73 Å². The minimum absolute atomic E-state index is 0.00655. The number of aliphatic hydroxyl groups excluding tert-OH is 3. The summed E-state index contributed by atoms with van der Waals surface area (Å²) in [6.45, 7) is -1.51. The van der Waals surface area contributed by atoms with Gasteiger partial charge in [0, 0.05) is 5.69 Å². The largest absolute Gasteiger partial charge is 0.398 e. The number of anilines is 2. The van der Waals surface area contributed by atoms with E-state index in [0.29, 0.717) is 5.69 Å².